The van der Waals surface area contributed by atoms with Crippen molar-refractivity contribution >= 4 is 17.5 Å². The third-order valence-electron chi connectivity index (χ3n) is 7.06. The monoisotopic (exact) mass is 474 g/mol. The predicted octanol–water partition coefficient (Wildman–Crippen LogP) is 3.19. The minimum absolute atomic E-state index is 0.0777. The van der Waals surface area contributed by atoms with Crippen molar-refractivity contribution < 1.29 is 9.53 Å². The molecule has 1 aliphatic carbocycles. The van der Waals surface area contributed by atoms with E-state index in [1.807, 2.05) is 24.4 Å². The molecule has 8 heteroatoms. The second-order valence-corrected chi connectivity index (χ2v) is 9.63. The van der Waals surface area contributed by atoms with Gasteiger partial charge in [0.1, 0.15) is 5.76 Å². The largest absolute Gasteiger partial charge is 0.497 e. The molecule has 5 rings (SSSR count). The van der Waals surface area contributed by atoms with Crippen molar-refractivity contribution in [2.45, 2.75) is 37.8 Å². The number of benzene rings is 1. The first-order valence-corrected chi connectivity index (χ1v) is 12.4. The Bertz CT molecular complexity index is 1130. The van der Waals surface area contributed by atoms with Gasteiger partial charge >= 0.3 is 0 Å². The Morgan fingerprint density at radius 3 is 2.97 bits per heavy atom. The lowest BCUT2D eigenvalue weighted by atomic mass is 9.90. The number of nitrogens with one attached hydrogen (secondary N) is 2. The van der Waals surface area contributed by atoms with E-state index < -0.39 is 0 Å². The first-order chi connectivity index (χ1) is 17.1. The minimum atomic E-state index is -0.0777. The van der Waals surface area contributed by atoms with Crippen LogP contribution in [0.1, 0.15) is 36.4 Å². The van der Waals surface area contributed by atoms with E-state index in [2.05, 4.69) is 56.7 Å². The second-order valence-electron chi connectivity index (χ2n) is 9.63. The lowest BCUT2D eigenvalue weighted by Gasteiger charge is -2.26. The summed E-state index contributed by atoms with van der Waals surface area (Å²) in [4.78, 5) is 26.8. The van der Waals surface area contributed by atoms with Gasteiger partial charge in [0.2, 0.25) is 11.9 Å². The third-order valence-corrected chi connectivity index (χ3v) is 7.06. The molecular formula is C27H34N6O2. The number of fused-ring (bicyclic) bond motifs is 8. The number of anilines is 2. The maximum Gasteiger partial charge on any atom is 0.237 e. The molecular weight excluding hydrogens is 440 g/mol. The van der Waals surface area contributed by atoms with Crippen molar-refractivity contribution in [1.29, 1.82) is 0 Å². The zero-order chi connectivity index (χ0) is 24.2. The molecule has 0 radical (unpaired) electrons. The number of hydrogen-bond acceptors (Lipinski definition) is 7. The number of nitrogens with zero attached hydrogens (tertiary/aromatic N) is 4. The molecule has 1 fully saturated rings. The fourth-order valence-electron chi connectivity index (χ4n) is 5.27. The number of aromatic nitrogens is 2. The molecule has 6 bridgehead atoms. The molecule has 2 aromatic rings. The highest BCUT2D eigenvalue weighted by Gasteiger charge is 2.30. The van der Waals surface area contributed by atoms with Crippen LogP contribution in [-0.4, -0.2) is 72.1 Å². The summed E-state index contributed by atoms with van der Waals surface area (Å²) in [5, 5.41) is 6.55. The van der Waals surface area contributed by atoms with Gasteiger partial charge in [-0.05, 0) is 68.3 Å². The number of carbonyl (C=O) groups is 1. The Kier molecular flexibility index (Phi) is 7.11. The zero-order valence-corrected chi connectivity index (χ0v) is 20.5. The van der Waals surface area contributed by atoms with Crippen LogP contribution in [0, 0.1) is 0 Å². The highest BCUT2D eigenvalue weighted by atomic mass is 16.5. The van der Waals surface area contributed by atoms with Gasteiger partial charge < -0.3 is 20.3 Å². The number of likely N-dealkylation sites (N-methyl/N-ethyl adjacent to an activating group) is 1. The average Bonchev–Trinajstić information content (AvgIpc) is 3.32. The summed E-state index contributed by atoms with van der Waals surface area (Å²) in [5.41, 5.74) is 4.33. The number of carbonyl (C=O) groups excluding carboxylic acids is 1. The van der Waals surface area contributed by atoms with Crippen LogP contribution in [0.15, 0.2) is 60.0 Å². The predicted molar refractivity (Wildman–Crippen MR) is 136 cm³/mol. The Hall–Kier alpha value is -3.23. The minimum Gasteiger partial charge on any atom is -0.497 e. The number of methoxy groups -OCH3 is 1. The van der Waals surface area contributed by atoms with Gasteiger partial charge in [-0.15, -0.1) is 0 Å². The highest BCUT2D eigenvalue weighted by molar-refractivity contribution is 5.82. The molecule has 184 valence electrons. The maximum absolute atomic E-state index is 13.0. The van der Waals surface area contributed by atoms with Crippen LogP contribution in [0.2, 0.25) is 0 Å². The van der Waals surface area contributed by atoms with E-state index in [0.717, 1.165) is 62.6 Å². The lowest BCUT2D eigenvalue weighted by Crippen LogP contribution is -2.45. The summed E-state index contributed by atoms with van der Waals surface area (Å²) in [6, 6.07) is 10.2. The van der Waals surface area contributed by atoms with Crippen molar-refractivity contribution in [2.24, 2.45) is 0 Å². The molecule has 0 saturated carbocycles. The van der Waals surface area contributed by atoms with Gasteiger partial charge in [-0.1, -0.05) is 18.2 Å². The fraction of sp³-hybridized carbons (Fsp3) is 0.444. The van der Waals surface area contributed by atoms with Gasteiger partial charge in [0, 0.05) is 44.0 Å². The summed E-state index contributed by atoms with van der Waals surface area (Å²) in [6.07, 6.45) is 8.80. The van der Waals surface area contributed by atoms with Crippen molar-refractivity contribution in [3.8, 4) is 0 Å². The summed E-state index contributed by atoms with van der Waals surface area (Å²) in [5.74, 6) is 1.78. The smallest absolute Gasteiger partial charge is 0.237 e. The Balaban J connectivity index is 1.45. The quantitative estimate of drug-likeness (QED) is 0.657. The molecule has 1 aromatic heterocycles. The van der Waals surface area contributed by atoms with Gasteiger partial charge in [0.15, 0.2) is 0 Å². The molecule has 0 spiro atoms. The molecule has 35 heavy (non-hydrogen) atoms. The van der Waals surface area contributed by atoms with Crippen molar-refractivity contribution in [2.75, 3.05) is 45.7 Å². The van der Waals surface area contributed by atoms with Crippen LogP contribution in [0.4, 0.5) is 11.6 Å². The Morgan fingerprint density at radius 2 is 2.09 bits per heavy atom. The van der Waals surface area contributed by atoms with Crippen LogP contribution in [-0.2, 0) is 16.1 Å². The second kappa shape index (κ2) is 10.6. The average molecular weight is 475 g/mol. The van der Waals surface area contributed by atoms with Crippen molar-refractivity contribution in [1.82, 2.24) is 25.1 Å². The lowest BCUT2D eigenvalue weighted by molar-refractivity contribution is -0.125. The van der Waals surface area contributed by atoms with Gasteiger partial charge in [-0.2, -0.15) is 0 Å². The number of allylic oxidation sites excluding steroid dienone is 2. The third kappa shape index (κ3) is 5.55. The normalized spacial score (nSPS) is 24.0. The van der Waals surface area contributed by atoms with E-state index in [0.29, 0.717) is 12.5 Å². The van der Waals surface area contributed by atoms with Crippen molar-refractivity contribution in [3.05, 3.63) is 71.3 Å². The van der Waals surface area contributed by atoms with E-state index in [4.69, 9.17) is 9.72 Å². The van der Waals surface area contributed by atoms with Crippen LogP contribution in [0.5, 0.6) is 0 Å². The number of ether oxygens (including phenoxy) is 1. The van der Waals surface area contributed by atoms with Crippen LogP contribution in [0.25, 0.3) is 0 Å². The topological polar surface area (TPSA) is 82.6 Å². The molecule has 8 nitrogen and oxygen atoms in total. The van der Waals surface area contributed by atoms with Gasteiger partial charge in [-0.3, -0.25) is 9.69 Å². The van der Waals surface area contributed by atoms with Gasteiger partial charge in [0.05, 0.1) is 18.8 Å². The molecule has 3 aliphatic rings. The fourth-order valence-corrected chi connectivity index (χ4v) is 5.27. The number of rotatable bonds is 1. The van der Waals surface area contributed by atoms with Crippen LogP contribution >= 0.6 is 0 Å². The Morgan fingerprint density at radius 1 is 1.17 bits per heavy atom. The molecule has 1 aromatic carbocycles. The SMILES string of the molecule is COC1=C2CC(C=C1)c1ccnc(n1)Nc1cccc(c1)CN1CCC[C@H]1C(=O)NCCN(C)C2. The molecule has 2 atom stereocenters. The number of hydrogen-bond donors (Lipinski definition) is 2. The molecule has 2 N–H and O–H groups in total. The molecule has 1 unspecified atom stereocenters. The first-order valence-electron chi connectivity index (χ1n) is 12.4. The highest BCUT2D eigenvalue weighted by Crippen LogP contribution is 2.32. The van der Waals surface area contributed by atoms with E-state index in [-0.39, 0.29) is 17.9 Å². The van der Waals surface area contributed by atoms with Gasteiger partial charge in [-0.25, -0.2) is 9.97 Å². The summed E-state index contributed by atoms with van der Waals surface area (Å²) >= 11 is 0. The first kappa shape index (κ1) is 23.5. The molecule has 2 aliphatic heterocycles. The van der Waals surface area contributed by atoms with E-state index in [1.54, 1.807) is 7.11 Å². The summed E-state index contributed by atoms with van der Waals surface area (Å²) in [7, 11) is 3.81. The molecule has 1 amide bonds. The van der Waals surface area contributed by atoms with Crippen LogP contribution < -0.4 is 10.6 Å². The summed E-state index contributed by atoms with van der Waals surface area (Å²) < 4.78 is 5.67. The van der Waals surface area contributed by atoms with E-state index in [9.17, 15) is 4.79 Å². The standard InChI is InChI=1S/C27H34N6O2/c1-32-14-12-28-26(34)24-7-4-13-33(24)17-19-5-3-6-22(15-19)30-27-29-11-10-23(31-27)20-8-9-25(35-2)21(16-20)18-32/h3,5-6,8-11,15,20,24H,4,7,12-14,16-18H2,1-2H3,(H,28,34)(H,29,30,31)/t20?,24-/m0/s1. The molecule has 1 saturated heterocycles. The Labute approximate surface area is 207 Å². The molecule has 3 heterocycles. The maximum atomic E-state index is 13.0. The van der Waals surface area contributed by atoms with Gasteiger partial charge in [0.25, 0.3) is 0 Å². The van der Waals surface area contributed by atoms with E-state index >= 15 is 0 Å². The van der Waals surface area contributed by atoms with E-state index in [1.165, 1.54) is 11.1 Å². The zero-order valence-electron chi connectivity index (χ0n) is 20.5. The number of amides is 1. The van der Waals surface area contributed by atoms with Crippen LogP contribution in [0.3, 0.4) is 0 Å². The summed E-state index contributed by atoms with van der Waals surface area (Å²) in [6.45, 7) is 3.86. The van der Waals surface area contributed by atoms with Crippen molar-refractivity contribution in [3.63, 3.8) is 0 Å².